The number of benzene rings is 1. The fourth-order valence-electron chi connectivity index (χ4n) is 1.57. The van der Waals surface area contributed by atoms with E-state index < -0.39 is 0 Å². The SMILES string of the molecule is CCNc1nc2c(Cl)cc(OC)c(OC)c2s1. The van der Waals surface area contributed by atoms with Crippen molar-refractivity contribution in [2.24, 2.45) is 0 Å². The summed E-state index contributed by atoms with van der Waals surface area (Å²) in [6, 6.07) is 1.72. The molecule has 0 unspecified atom stereocenters. The zero-order valence-corrected chi connectivity index (χ0v) is 11.4. The Morgan fingerprint density at radius 1 is 1.41 bits per heavy atom. The van der Waals surface area contributed by atoms with E-state index in [2.05, 4.69) is 10.3 Å². The topological polar surface area (TPSA) is 43.4 Å². The molecule has 0 aliphatic rings. The van der Waals surface area contributed by atoms with Gasteiger partial charge in [-0.05, 0) is 6.92 Å². The first-order valence-electron chi connectivity index (χ1n) is 5.16. The van der Waals surface area contributed by atoms with E-state index in [1.807, 2.05) is 6.92 Å². The lowest BCUT2D eigenvalue weighted by atomic mass is 10.3. The summed E-state index contributed by atoms with van der Waals surface area (Å²) in [7, 11) is 3.20. The second kappa shape index (κ2) is 4.98. The van der Waals surface area contributed by atoms with E-state index in [0.29, 0.717) is 16.5 Å². The monoisotopic (exact) mass is 272 g/mol. The van der Waals surface area contributed by atoms with Gasteiger partial charge in [-0.3, -0.25) is 0 Å². The van der Waals surface area contributed by atoms with Crippen molar-refractivity contribution in [3.8, 4) is 11.5 Å². The van der Waals surface area contributed by atoms with Crippen molar-refractivity contribution in [1.29, 1.82) is 0 Å². The highest BCUT2D eigenvalue weighted by molar-refractivity contribution is 7.22. The summed E-state index contributed by atoms with van der Waals surface area (Å²) in [6.45, 7) is 2.84. The van der Waals surface area contributed by atoms with E-state index in [1.165, 1.54) is 11.3 Å². The van der Waals surface area contributed by atoms with Gasteiger partial charge in [0.25, 0.3) is 0 Å². The first kappa shape index (κ1) is 12.3. The van der Waals surface area contributed by atoms with Crippen LogP contribution in [0.1, 0.15) is 6.92 Å². The number of aromatic nitrogens is 1. The molecule has 0 spiro atoms. The van der Waals surface area contributed by atoms with E-state index >= 15 is 0 Å². The maximum Gasteiger partial charge on any atom is 0.183 e. The minimum absolute atomic E-state index is 0.568. The standard InChI is InChI=1S/C11H13ClN2O2S/c1-4-13-11-14-8-6(12)5-7(15-2)9(16-3)10(8)17-11/h5H,4H2,1-3H3,(H,13,14). The molecule has 0 bridgehead atoms. The van der Waals surface area contributed by atoms with Gasteiger partial charge < -0.3 is 14.8 Å². The predicted octanol–water partition coefficient (Wildman–Crippen LogP) is 3.40. The summed E-state index contributed by atoms with van der Waals surface area (Å²) in [5, 5.41) is 4.56. The van der Waals surface area contributed by atoms with Gasteiger partial charge in [0.1, 0.15) is 10.2 Å². The fraction of sp³-hybridized carbons (Fsp3) is 0.364. The third kappa shape index (κ3) is 2.12. The smallest absolute Gasteiger partial charge is 0.183 e. The second-order valence-electron chi connectivity index (χ2n) is 3.32. The van der Waals surface area contributed by atoms with Gasteiger partial charge in [-0.25, -0.2) is 4.98 Å². The highest BCUT2D eigenvalue weighted by Crippen LogP contribution is 2.43. The molecular formula is C11H13ClN2O2S. The first-order valence-corrected chi connectivity index (χ1v) is 6.35. The van der Waals surface area contributed by atoms with Crippen molar-refractivity contribution < 1.29 is 9.47 Å². The van der Waals surface area contributed by atoms with Crippen molar-refractivity contribution in [3.05, 3.63) is 11.1 Å². The van der Waals surface area contributed by atoms with Gasteiger partial charge >= 0.3 is 0 Å². The van der Waals surface area contributed by atoms with Crippen LogP contribution in [-0.4, -0.2) is 25.7 Å². The first-order chi connectivity index (χ1) is 8.21. The van der Waals surface area contributed by atoms with Crippen LogP contribution >= 0.6 is 22.9 Å². The summed E-state index contributed by atoms with van der Waals surface area (Å²) >= 11 is 7.67. The molecule has 0 fully saturated rings. The molecule has 17 heavy (non-hydrogen) atoms. The average Bonchev–Trinajstić information content (AvgIpc) is 2.73. The van der Waals surface area contributed by atoms with E-state index in [1.54, 1.807) is 20.3 Å². The maximum atomic E-state index is 6.16. The van der Waals surface area contributed by atoms with Crippen molar-refractivity contribution in [3.63, 3.8) is 0 Å². The number of rotatable bonds is 4. The van der Waals surface area contributed by atoms with Crippen LogP contribution in [0.4, 0.5) is 5.13 Å². The molecule has 0 aliphatic carbocycles. The lowest BCUT2D eigenvalue weighted by Crippen LogP contribution is -1.94. The van der Waals surface area contributed by atoms with Crippen molar-refractivity contribution in [2.45, 2.75) is 6.92 Å². The van der Waals surface area contributed by atoms with Gasteiger partial charge in [0.05, 0.1) is 19.2 Å². The Labute approximate surface area is 109 Å². The summed E-state index contributed by atoms with van der Waals surface area (Å²) in [5.41, 5.74) is 0.741. The van der Waals surface area contributed by atoms with Crippen LogP contribution in [0.15, 0.2) is 6.07 Å². The molecule has 2 aromatic rings. The Bertz CT molecular complexity index is 542. The molecule has 0 amide bonds. The van der Waals surface area contributed by atoms with Gasteiger partial charge in [-0.2, -0.15) is 0 Å². The number of thiazole rings is 1. The van der Waals surface area contributed by atoms with Crippen LogP contribution in [0.3, 0.4) is 0 Å². The zero-order valence-electron chi connectivity index (χ0n) is 9.83. The second-order valence-corrected chi connectivity index (χ2v) is 4.73. The number of hydrogen-bond acceptors (Lipinski definition) is 5. The number of fused-ring (bicyclic) bond motifs is 1. The largest absolute Gasteiger partial charge is 0.493 e. The van der Waals surface area contributed by atoms with Gasteiger partial charge in [0.2, 0.25) is 0 Å². The van der Waals surface area contributed by atoms with Crippen LogP contribution < -0.4 is 14.8 Å². The Hall–Kier alpha value is -1.20. The maximum absolute atomic E-state index is 6.16. The van der Waals surface area contributed by atoms with E-state index in [-0.39, 0.29) is 0 Å². The highest BCUT2D eigenvalue weighted by atomic mass is 35.5. The van der Waals surface area contributed by atoms with Crippen LogP contribution in [0.2, 0.25) is 5.02 Å². The molecule has 1 aromatic carbocycles. The molecule has 1 N–H and O–H groups in total. The molecule has 0 saturated carbocycles. The molecule has 0 radical (unpaired) electrons. The molecule has 6 heteroatoms. The number of anilines is 1. The zero-order chi connectivity index (χ0) is 12.4. The van der Waals surface area contributed by atoms with E-state index in [4.69, 9.17) is 21.1 Å². The highest BCUT2D eigenvalue weighted by Gasteiger charge is 2.17. The van der Waals surface area contributed by atoms with Gasteiger partial charge in [0.15, 0.2) is 16.6 Å². The molecule has 1 heterocycles. The van der Waals surface area contributed by atoms with E-state index in [0.717, 1.165) is 21.9 Å². The van der Waals surface area contributed by atoms with Crippen molar-refractivity contribution in [1.82, 2.24) is 4.98 Å². The van der Waals surface area contributed by atoms with E-state index in [9.17, 15) is 0 Å². The van der Waals surface area contributed by atoms with Crippen LogP contribution in [0, 0.1) is 0 Å². The number of nitrogens with zero attached hydrogens (tertiary/aromatic N) is 1. The number of methoxy groups -OCH3 is 2. The number of halogens is 1. The molecule has 0 aliphatic heterocycles. The normalized spacial score (nSPS) is 10.6. The predicted molar refractivity (Wildman–Crippen MR) is 71.9 cm³/mol. The van der Waals surface area contributed by atoms with Crippen LogP contribution in [0.5, 0.6) is 11.5 Å². The number of nitrogens with one attached hydrogen (secondary N) is 1. The van der Waals surface area contributed by atoms with Crippen molar-refractivity contribution >= 4 is 38.3 Å². The van der Waals surface area contributed by atoms with Crippen LogP contribution in [0.25, 0.3) is 10.2 Å². The van der Waals surface area contributed by atoms with Crippen molar-refractivity contribution in [2.75, 3.05) is 26.1 Å². The molecule has 4 nitrogen and oxygen atoms in total. The molecule has 0 saturated heterocycles. The summed E-state index contributed by atoms with van der Waals surface area (Å²) < 4.78 is 11.5. The minimum Gasteiger partial charge on any atom is -0.493 e. The molecular weight excluding hydrogens is 260 g/mol. The minimum atomic E-state index is 0.568. The Morgan fingerprint density at radius 2 is 2.18 bits per heavy atom. The third-order valence-corrected chi connectivity index (χ3v) is 3.59. The molecule has 2 rings (SSSR count). The van der Waals surface area contributed by atoms with Crippen LogP contribution in [-0.2, 0) is 0 Å². The quantitative estimate of drug-likeness (QED) is 0.926. The summed E-state index contributed by atoms with van der Waals surface area (Å²) in [6.07, 6.45) is 0. The Kier molecular flexibility index (Phi) is 3.59. The molecule has 92 valence electrons. The molecule has 1 aromatic heterocycles. The number of hydrogen-bond donors (Lipinski definition) is 1. The molecule has 0 atom stereocenters. The van der Waals surface area contributed by atoms with Gasteiger partial charge in [0, 0.05) is 12.6 Å². The Morgan fingerprint density at radius 3 is 2.76 bits per heavy atom. The lowest BCUT2D eigenvalue weighted by molar-refractivity contribution is 0.359. The average molecular weight is 273 g/mol. The van der Waals surface area contributed by atoms with Gasteiger partial charge in [-0.15, -0.1) is 0 Å². The Balaban J connectivity index is 2.68. The summed E-state index contributed by atoms with van der Waals surface area (Å²) in [4.78, 5) is 4.43. The number of ether oxygens (including phenoxy) is 2. The third-order valence-electron chi connectivity index (χ3n) is 2.29. The fourth-order valence-corrected chi connectivity index (χ4v) is 2.94. The lowest BCUT2D eigenvalue weighted by Gasteiger charge is -2.08. The van der Waals surface area contributed by atoms with Gasteiger partial charge in [-0.1, -0.05) is 22.9 Å². The summed E-state index contributed by atoms with van der Waals surface area (Å²) in [5.74, 6) is 1.30.